The summed E-state index contributed by atoms with van der Waals surface area (Å²) in [6, 6.07) is 17.6. The highest BCUT2D eigenvalue weighted by molar-refractivity contribution is 5.92. The summed E-state index contributed by atoms with van der Waals surface area (Å²) in [4.78, 5) is 23.8. The lowest BCUT2D eigenvalue weighted by atomic mass is 10.1. The highest BCUT2D eigenvalue weighted by Gasteiger charge is 2.09. The van der Waals surface area contributed by atoms with Crippen LogP contribution in [-0.4, -0.2) is 23.1 Å². The Hall–Kier alpha value is -3.08. The standard InChI is InChI=1S/C21H22N2O3/c1-2-16-7-9-18(10-8-16)22-20(24)15-26-21(25)12-14-23-13-11-17-5-3-4-6-19(17)23/h3-11,13H,2,12,14-15H2,1H3,(H,22,24). The van der Waals surface area contributed by atoms with Crippen molar-refractivity contribution in [2.24, 2.45) is 0 Å². The van der Waals surface area contributed by atoms with E-state index in [1.165, 1.54) is 5.56 Å². The van der Waals surface area contributed by atoms with E-state index in [9.17, 15) is 9.59 Å². The number of benzene rings is 2. The minimum atomic E-state index is -0.390. The lowest BCUT2D eigenvalue weighted by molar-refractivity contribution is -0.147. The van der Waals surface area contributed by atoms with Gasteiger partial charge in [0.25, 0.3) is 5.91 Å². The first kappa shape index (κ1) is 17.7. The second-order valence-corrected chi connectivity index (χ2v) is 6.08. The van der Waals surface area contributed by atoms with Crippen LogP contribution in [0.2, 0.25) is 0 Å². The molecule has 0 saturated heterocycles. The number of aryl methyl sites for hydroxylation is 2. The van der Waals surface area contributed by atoms with Gasteiger partial charge >= 0.3 is 5.97 Å². The molecule has 0 spiro atoms. The summed E-state index contributed by atoms with van der Waals surface area (Å²) in [5.74, 6) is -0.728. The van der Waals surface area contributed by atoms with Gasteiger partial charge in [-0.1, -0.05) is 37.3 Å². The van der Waals surface area contributed by atoms with Crippen molar-refractivity contribution >= 4 is 28.5 Å². The van der Waals surface area contributed by atoms with Crippen LogP contribution in [0.4, 0.5) is 5.69 Å². The molecule has 26 heavy (non-hydrogen) atoms. The summed E-state index contributed by atoms with van der Waals surface area (Å²) in [6.07, 6.45) is 3.12. The molecule has 1 aromatic heterocycles. The van der Waals surface area contributed by atoms with Gasteiger partial charge in [-0.15, -0.1) is 0 Å². The normalized spacial score (nSPS) is 10.7. The van der Waals surface area contributed by atoms with E-state index in [0.717, 1.165) is 17.3 Å². The van der Waals surface area contributed by atoms with Gasteiger partial charge in [-0.3, -0.25) is 9.59 Å². The molecule has 0 aliphatic carbocycles. The van der Waals surface area contributed by atoms with Crippen LogP contribution >= 0.6 is 0 Å². The Morgan fingerprint density at radius 3 is 2.58 bits per heavy atom. The lowest BCUT2D eigenvalue weighted by Crippen LogP contribution is -2.21. The number of hydrogen-bond donors (Lipinski definition) is 1. The molecule has 0 aliphatic heterocycles. The highest BCUT2D eigenvalue weighted by Crippen LogP contribution is 2.15. The van der Waals surface area contributed by atoms with Crippen molar-refractivity contribution in [3.05, 3.63) is 66.4 Å². The molecule has 5 nitrogen and oxygen atoms in total. The maximum absolute atomic E-state index is 11.9. The minimum absolute atomic E-state index is 0.219. The SMILES string of the molecule is CCc1ccc(NC(=O)COC(=O)CCn2ccc3ccccc32)cc1. The second-order valence-electron chi connectivity index (χ2n) is 6.08. The zero-order chi connectivity index (χ0) is 18.4. The third-order valence-electron chi connectivity index (χ3n) is 4.25. The summed E-state index contributed by atoms with van der Waals surface area (Å²) in [5, 5.41) is 3.85. The van der Waals surface area contributed by atoms with Gasteiger partial charge in [0.05, 0.1) is 6.42 Å². The Bertz CT molecular complexity index is 897. The number of carbonyl (C=O) groups excluding carboxylic acids is 2. The Balaban J connectivity index is 1.44. The molecule has 0 bridgehead atoms. The molecule has 3 rings (SSSR count). The molecule has 134 valence electrons. The number of fused-ring (bicyclic) bond motifs is 1. The van der Waals surface area contributed by atoms with Crippen molar-refractivity contribution in [2.45, 2.75) is 26.3 Å². The third-order valence-corrected chi connectivity index (χ3v) is 4.25. The van der Waals surface area contributed by atoms with Crippen LogP contribution in [0.1, 0.15) is 18.9 Å². The third kappa shape index (κ3) is 4.51. The van der Waals surface area contributed by atoms with E-state index in [-0.39, 0.29) is 24.9 Å². The van der Waals surface area contributed by atoms with Gasteiger partial charge in [0.15, 0.2) is 6.61 Å². The van der Waals surface area contributed by atoms with Crippen LogP contribution in [0.5, 0.6) is 0 Å². The largest absolute Gasteiger partial charge is 0.456 e. The summed E-state index contributed by atoms with van der Waals surface area (Å²) in [5.41, 5.74) is 2.97. The van der Waals surface area contributed by atoms with Crippen molar-refractivity contribution in [3.8, 4) is 0 Å². The number of hydrogen-bond acceptors (Lipinski definition) is 3. The molecule has 3 aromatic rings. The predicted octanol–water partition coefficient (Wildman–Crippen LogP) is 3.78. The van der Waals surface area contributed by atoms with Crippen molar-refractivity contribution in [3.63, 3.8) is 0 Å². The number of carbonyl (C=O) groups is 2. The number of para-hydroxylation sites is 1. The zero-order valence-electron chi connectivity index (χ0n) is 14.8. The second kappa shape index (κ2) is 8.34. The quantitative estimate of drug-likeness (QED) is 0.660. The first-order valence-corrected chi connectivity index (χ1v) is 8.74. The lowest BCUT2D eigenvalue weighted by Gasteiger charge is -2.08. The van der Waals surface area contributed by atoms with E-state index in [2.05, 4.69) is 12.2 Å². The Morgan fingerprint density at radius 1 is 1.04 bits per heavy atom. The van der Waals surface area contributed by atoms with Gasteiger partial charge in [-0.25, -0.2) is 0 Å². The number of nitrogens with zero attached hydrogens (tertiary/aromatic N) is 1. The fourth-order valence-electron chi connectivity index (χ4n) is 2.79. The maximum atomic E-state index is 11.9. The molecule has 1 N–H and O–H groups in total. The fraction of sp³-hybridized carbons (Fsp3) is 0.238. The molecule has 1 heterocycles. The van der Waals surface area contributed by atoms with Gasteiger partial charge in [0, 0.05) is 23.9 Å². The average Bonchev–Trinajstić information content (AvgIpc) is 3.08. The maximum Gasteiger partial charge on any atom is 0.308 e. The van der Waals surface area contributed by atoms with Crippen LogP contribution < -0.4 is 5.32 Å². The van der Waals surface area contributed by atoms with Crippen LogP contribution in [0.25, 0.3) is 10.9 Å². The number of nitrogens with one attached hydrogen (secondary N) is 1. The number of amides is 1. The fourth-order valence-corrected chi connectivity index (χ4v) is 2.79. The van der Waals surface area contributed by atoms with Crippen molar-refractivity contribution in [1.29, 1.82) is 0 Å². The summed E-state index contributed by atoms with van der Waals surface area (Å²) in [7, 11) is 0. The summed E-state index contributed by atoms with van der Waals surface area (Å²) >= 11 is 0. The van der Waals surface area contributed by atoms with Crippen molar-refractivity contribution < 1.29 is 14.3 Å². The van der Waals surface area contributed by atoms with E-state index >= 15 is 0 Å². The molecular weight excluding hydrogens is 328 g/mol. The number of esters is 1. The van der Waals surface area contributed by atoms with Gasteiger partial charge in [0.2, 0.25) is 0 Å². The summed E-state index contributed by atoms with van der Waals surface area (Å²) in [6.45, 7) is 2.32. The van der Waals surface area contributed by atoms with Crippen LogP contribution in [0.15, 0.2) is 60.8 Å². The number of aromatic nitrogens is 1. The molecule has 0 saturated carbocycles. The first-order valence-electron chi connectivity index (χ1n) is 8.74. The zero-order valence-corrected chi connectivity index (χ0v) is 14.8. The Morgan fingerprint density at radius 2 is 1.81 bits per heavy atom. The average molecular weight is 350 g/mol. The molecule has 0 unspecified atom stereocenters. The van der Waals surface area contributed by atoms with Crippen molar-refractivity contribution in [2.75, 3.05) is 11.9 Å². The smallest absolute Gasteiger partial charge is 0.308 e. The molecule has 5 heteroatoms. The molecule has 0 fully saturated rings. The number of ether oxygens (including phenoxy) is 1. The monoisotopic (exact) mass is 350 g/mol. The van der Waals surface area contributed by atoms with Crippen LogP contribution in [-0.2, 0) is 27.3 Å². The van der Waals surface area contributed by atoms with E-state index in [1.54, 1.807) is 0 Å². The predicted molar refractivity (Wildman–Crippen MR) is 102 cm³/mol. The van der Waals surface area contributed by atoms with Gasteiger partial charge in [-0.05, 0) is 41.6 Å². The number of anilines is 1. The molecule has 1 amide bonds. The van der Waals surface area contributed by atoms with Crippen LogP contribution in [0.3, 0.4) is 0 Å². The van der Waals surface area contributed by atoms with Gasteiger partial charge in [0.1, 0.15) is 0 Å². The topological polar surface area (TPSA) is 60.3 Å². The van der Waals surface area contributed by atoms with E-state index in [4.69, 9.17) is 4.74 Å². The molecule has 0 atom stereocenters. The summed E-state index contributed by atoms with van der Waals surface area (Å²) < 4.78 is 7.07. The van der Waals surface area contributed by atoms with E-state index in [1.807, 2.05) is 65.4 Å². The van der Waals surface area contributed by atoms with Crippen molar-refractivity contribution in [1.82, 2.24) is 4.57 Å². The molecular formula is C21H22N2O3. The van der Waals surface area contributed by atoms with E-state index in [0.29, 0.717) is 12.2 Å². The number of rotatable bonds is 7. The van der Waals surface area contributed by atoms with Gasteiger partial charge < -0.3 is 14.6 Å². The Kier molecular flexibility index (Phi) is 5.69. The molecule has 0 radical (unpaired) electrons. The minimum Gasteiger partial charge on any atom is -0.456 e. The first-order chi connectivity index (χ1) is 12.7. The van der Waals surface area contributed by atoms with E-state index < -0.39 is 0 Å². The van der Waals surface area contributed by atoms with Crippen LogP contribution in [0, 0.1) is 0 Å². The molecule has 0 aliphatic rings. The van der Waals surface area contributed by atoms with Gasteiger partial charge in [-0.2, -0.15) is 0 Å². The molecule has 2 aromatic carbocycles. The Labute approximate surface area is 152 Å². The highest BCUT2D eigenvalue weighted by atomic mass is 16.5.